The quantitative estimate of drug-likeness (QED) is 0.810. The number of ether oxygens (including phenoxy) is 1. The monoisotopic (exact) mass is 265 g/mol. The SMILES string of the molecule is CCC1CN(C(=O)c2cn(C3CNC3)nn2)CCO1. The van der Waals surface area contributed by atoms with E-state index in [9.17, 15) is 4.79 Å². The van der Waals surface area contributed by atoms with Crippen molar-refractivity contribution in [3.63, 3.8) is 0 Å². The van der Waals surface area contributed by atoms with Gasteiger partial charge in [0.05, 0.1) is 24.9 Å². The summed E-state index contributed by atoms with van der Waals surface area (Å²) < 4.78 is 7.35. The van der Waals surface area contributed by atoms with Crippen LogP contribution < -0.4 is 5.32 Å². The Morgan fingerprint density at radius 1 is 1.58 bits per heavy atom. The van der Waals surface area contributed by atoms with Crippen molar-refractivity contribution in [3.8, 4) is 0 Å². The van der Waals surface area contributed by atoms with Gasteiger partial charge in [-0.25, -0.2) is 4.68 Å². The Balaban J connectivity index is 1.67. The first kappa shape index (κ1) is 12.6. The van der Waals surface area contributed by atoms with Crippen LogP contribution in [0.4, 0.5) is 0 Å². The molecule has 0 bridgehead atoms. The third kappa shape index (κ3) is 2.48. The van der Waals surface area contributed by atoms with E-state index >= 15 is 0 Å². The second-order valence-corrected chi connectivity index (χ2v) is 5.05. The normalized spacial score (nSPS) is 24.3. The Hall–Kier alpha value is -1.47. The summed E-state index contributed by atoms with van der Waals surface area (Å²) >= 11 is 0. The van der Waals surface area contributed by atoms with Crippen molar-refractivity contribution in [3.05, 3.63) is 11.9 Å². The van der Waals surface area contributed by atoms with Gasteiger partial charge in [0.1, 0.15) is 0 Å². The molecule has 0 saturated carbocycles. The van der Waals surface area contributed by atoms with Crippen LogP contribution in [0.25, 0.3) is 0 Å². The molecule has 0 spiro atoms. The maximum Gasteiger partial charge on any atom is 0.276 e. The molecule has 2 saturated heterocycles. The summed E-state index contributed by atoms with van der Waals surface area (Å²) in [5, 5.41) is 11.2. The first-order valence-electron chi connectivity index (χ1n) is 6.81. The Labute approximate surface area is 111 Å². The molecule has 1 N–H and O–H groups in total. The average molecular weight is 265 g/mol. The minimum absolute atomic E-state index is 0.0414. The van der Waals surface area contributed by atoms with Crippen LogP contribution in [0.5, 0.6) is 0 Å². The van der Waals surface area contributed by atoms with Crippen LogP contribution in [-0.2, 0) is 4.74 Å². The number of carbonyl (C=O) groups excluding carboxylic acids is 1. The lowest BCUT2D eigenvalue weighted by Crippen LogP contribution is -2.45. The number of rotatable bonds is 3. The summed E-state index contributed by atoms with van der Waals surface area (Å²) in [6.07, 6.45) is 2.82. The summed E-state index contributed by atoms with van der Waals surface area (Å²) in [5.41, 5.74) is 0.434. The molecule has 1 amide bonds. The van der Waals surface area contributed by atoms with Gasteiger partial charge in [0, 0.05) is 26.2 Å². The molecule has 1 aromatic heterocycles. The molecule has 2 fully saturated rings. The van der Waals surface area contributed by atoms with Gasteiger partial charge >= 0.3 is 0 Å². The molecule has 1 atom stereocenters. The molecule has 1 unspecified atom stereocenters. The fourth-order valence-electron chi connectivity index (χ4n) is 2.33. The number of aromatic nitrogens is 3. The van der Waals surface area contributed by atoms with E-state index in [0.717, 1.165) is 19.5 Å². The molecule has 2 aliphatic heterocycles. The van der Waals surface area contributed by atoms with Crippen LogP contribution in [0, 0.1) is 0 Å². The van der Waals surface area contributed by atoms with Gasteiger partial charge in [0.2, 0.25) is 0 Å². The van der Waals surface area contributed by atoms with Gasteiger partial charge in [0.15, 0.2) is 5.69 Å². The fraction of sp³-hybridized carbons (Fsp3) is 0.750. The lowest BCUT2D eigenvalue weighted by atomic mass is 10.2. The largest absolute Gasteiger partial charge is 0.375 e. The second-order valence-electron chi connectivity index (χ2n) is 5.05. The maximum atomic E-state index is 12.3. The molecule has 7 heteroatoms. The van der Waals surface area contributed by atoms with E-state index < -0.39 is 0 Å². The van der Waals surface area contributed by atoms with Gasteiger partial charge in [-0.3, -0.25) is 4.79 Å². The maximum absolute atomic E-state index is 12.3. The van der Waals surface area contributed by atoms with Crippen LogP contribution >= 0.6 is 0 Å². The van der Waals surface area contributed by atoms with E-state index in [-0.39, 0.29) is 12.0 Å². The van der Waals surface area contributed by atoms with Crippen LogP contribution in [0.15, 0.2) is 6.20 Å². The molecule has 0 aromatic carbocycles. The standard InChI is InChI=1S/C12H19N5O2/c1-2-10-7-16(3-4-19-10)12(18)11-8-17(15-14-11)9-5-13-6-9/h8-10,13H,2-7H2,1H3. The van der Waals surface area contributed by atoms with E-state index in [1.165, 1.54) is 0 Å². The van der Waals surface area contributed by atoms with E-state index in [2.05, 4.69) is 22.6 Å². The zero-order valence-corrected chi connectivity index (χ0v) is 11.1. The number of amides is 1. The van der Waals surface area contributed by atoms with E-state index in [0.29, 0.717) is 31.4 Å². The molecular weight excluding hydrogens is 246 g/mol. The molecule has 1 aromatic rings. The molecular formula is C12H19N5O2. The van der Waals surface area contributed by atoms with Crippen molar-refractivity contribution < 1.29 is 9.53 Å². The van der Waals surface area contributed by atoms with E-state index in [1.807, 2.05) is 4.90 Å². The summed E-state index contributed by atoms with van der Waals surface area (Å²) in [5.74, 6) is -0.0414. The van der Waals surface area contributed by atoms with Gasteiger partial charge in [-0.1, -0.05) is 12.1 Å². The van der Waals surface area contributed by atoms with Crippen LogP contribution in [0.1, 0.15) is 29.9 Å². The first-order valence-corrected chi connectivity index (χ1v) is 6.81. The summed E-state index contributed by atoms with van der Waals surface area (Å²) in [6, 6.07) is 0.335. The van der Waals surface area contributed by atoms with Crippen LogP contribution in [0.2, 0.25) is 0 Å². The highest BCUT2D eigenvalue weighted by molar-refractivity contribution is 5.92. The van der Waals surface area contributed by atoms with Gasteiger partial charge in [-0.05, 0) is 6.42 Å². The highest BCUT2D eigenvalue weighted by atomic mass is 16.5. The van der Waals surface area contributed by atoms with Crippen molar-refractivity contribution in [2.24, 2.45) is 0 Å². The molecule has 3 heterocycles. The van der Waals surface area contributed by atoms with E-state index in [1.54, 1.807) is 10.9 Å². The number of carbonyl (C=O) groups is 1. The minimum atomic E-state index is -0.0414. The number of nitrogens with one attached hydrogen (secondary N) is 1. The van der Waals surface area contributed by atoms with Crippen molar-refractivity contribution in [1.29, 1.82) is 0 Å². The lowest BCUT2D eigenvalue weighted by molar-refractivity contribution is -0.0228. The van der Waals surface area contributed by atoms with Gasteiger partial charge in [-0.15, -0.1) is 5.10 Å². The Morgan fingerprint density at radius 3 is 3.11 bits per heavy atom. The Bertz CT molecular complexity index is 457. The summed E-state index contributed by atoms with van der Waals surface area (Å²) in [7, 11) is 0. The third-order valence-corrected chi connectivity index (χ3v) is 3.74. The van der Waals surface area contributed by atoms with Gasteiger partial charge < -0.3 is 15.0 Å². The predicted octanol–water partition coefficient (Wildman–Crippen LogP) is -0.327. The van der Waals surface area contributed by atoms with Crippen molar-refractivity contribution in [2.45, 2.75) is 25.5 Å². The number of morpholine rings is 1. The van der Waals surface area contributed by atoms with Crippen molar-refractivity contribution in [2.75, 3.05) is 32.8 Å². The van der Waals surface area contributed by atoms with Crippen molar-refractivity contribution >= 4 is 5.91 Å². The highest BCUT2D eigenvalue weighted by Gasteiger charge is 2.27. The first-order chi connectivity index (χ1) is 9.28. The zero-order valence-electron chi connectivity index (χ0n) is 11.1. The lowest BCUT2D eigenvalue weighted by Gasteiger charge is -2.32. The highest BCUT2D eigenvalue weighted by Crippen LogP contribution is 2.13. The fourth-order valence-corrected chi connectivity index (χ4v) is 2.33. The summed E-state index contributed by atoms with van der Waals surface area (Å²) in [4.78, 5) is 14.2. The second kappa shape index (κ2) is 5.26. The van der Waals surface area contributed by atoms with Crippen molar-refractivity contribution in [1.82, 2.24) is 25.2 Å². The zero-order chi connectivity index (χ0) is 13.2. The number of hydrogen-bond acceptors (Lipinski definition) is 5. The van der Waals surface area contributed by atoms with Gasteiger partial charge in [0.25, 0.3) is 5.91 Å². The van der Waals surface area contributed by atoms with Crippen LogP contribution in [0.3, 0.4) is 0 Å². The predicted molar refractivity (Wildman–Crippen MR) is 67.9 cm³/mol. The van der Waals surface area contributed by atoms with E-state index in [4.69, 9.17) is 4.74 Å². The summed E-state index contributed by atoms with van der Waals surface area (Å²) in [6.45, 7) is 5.74. The molecule has 104 valence electrons. The van der Waals surface area contributed by atoms with Crippen LogP contribution in [-0.4, -0.2) is 64.7 Å². The molecule has 3 rings (SSSR count). The smallest absolute Gasteiger partial charge is 0.276 e. The third-order valence-electron chi connectivity index (χ3n) is 3.74. The van der Waals surface area contributed by atoms with Gasteiger partial charge in [-0.2, -0.15) is 0 Å². The number of hydrogen-bond donors (Lipinski definition) is 1. The molecule has 19 heavy (non-hydrogen) atoms. The molecule has 0 aliphatic carbocycles. The topological polar surface area (TPSA) is 72.3 Å². The number of nitrogens with zero attached hydrogens (tertiary/aromatic N) is 4. The Morgan fingerprint density at radius 2 is 2.42 bits per heavy atom. The average Bonchev–Trinajstić information content (AvgIpc) is 2.85. The minimum Gasteiger partial charge on any atom is -0.375 e. The molecule has 0 radical (unpaired) electrons. The Kier molecular flexibility index (Phi) is 3.48. The molecule has 7 nitrogen and oxygen atoms in total. The molecule has 2 aliphatic rings.